The van der Waals surface area contributed by atoms with Gasteiger partial charge in [-0.3, -0.25) is 4.79 Å². The van der Waals surface area contributed by atoms with E-state index in [-0.39, 0.29) is 17.4 Å². The Morgan fingerprint density at radius 3 is 3.00 bits per heavy atom. The van der Waals surface area contributed by atoms with Crippen molar-refractivity contribution in [2.45, 2.75) is 37.3 Å². The Labute approximate surface area is 83.0 Å². The largest absolute Gasteiger partial charge is 0.374 e. The third-order valence-corrected chi connectivity index (χ3v) is 3.31. The highest BCUT2D eigenvalue weighted by Crippen LogP contribution is 2.29. The van der Waals surface area contributed by atoms with Gasteiger partial charge in [0.15, 0.2) is 0 Å². The van der Waals surface area contributed by atoms with Crippen LogP contribution in [0.2, 0.25) is 0 Å². The average Bonchev–Trinajstić information content (AvgIpc) is 2.76. The second-order valence-corrected chi connectivity index (χ2v) is 4.24. The number of ether oxygens (including phenoxy) is 1. The van der Waals surface area contributed by atoms with E-state index < -0.39 is 0 Å². The average molecular weight is 204 g/mol. The second kappa shape index (κ2) is 3.46. The highest BCUT2D eigenvalue weighted by atomic mass is 35.5. The highest BCUT2D eigenvalue weighted by Gasteiger charge is 2.42. The number of carbonyl (C=O) groups is 1. The normalized spacial score (nSPS) is 33.8. The van der Waals surface area contributed by atoms with E-state index in [0.717, 1.165) is 13.0 Å². The van der Waals surface area contributed by atoms with Crippen LogP contribution in [0.3, 0.4) is 0 Å². The molecule has 0 aromatic heterocycles. The second-order valence-electron chi connectivity index (χ2n) is 3.71. The van der Waals surface area contributed by atoms with Gasteiger partial charge in [-0.25, -0.2) is 0 Å². The Morgan fingerprint density at radius 1 is 1.77 bits per heavy atom. The predicted octanol–water partition coefficient (Wildman–Crippen LogP) is 1.00. The first-order valence-electron chi connectivity index (χ1n) is 4.78. The number of hydrogen-bond acceptors (Lipinski definition) is 2. The number of alkyl halides is 1. The zero-order chi connectivity index (χ0) is 9.42. The molecule has 13 heavy (non-hydrogen) atoms. The van der Waals surface area contributed by atoms with Gasteiger partial charge in [-0.05, 0) is 12.8 Å². The quantitative estimate of drug-likeness (QED) is 0.627. The van der Waals surface area contributed by atoms with E-state index >= 15 is 0 Å². The van der Waals surface area contributed by atoms with Crippen LogP contribution < -0.4 is 0 Å². The monoisotopic (exact) mass is 203 g/mol. The Balaban J connectivity index is 1.98. The van der Waals surface area contributed by atoms with Crippen LogP contribution in [0.15, 0.2) is 0 Å². The van der Waals surface area contributed by atoms with E-state index in [1.807, 2.05) is 11.8 Å². The first-order chi connectivity index (χ1) is 6.22. The lowest BCUT2D eigenvalue weighted by Crippen LogP contribution is -2.44. The van der Waals surface area contributed by atoms with Gasteiger partial charge in [0.25, 0.3) is 0 Å². The molecule has 0 unspecified atom stereocenters. The number of hydrogen-bond donors (Lipinski definition) is 0. The van der Waals surface area contributed by atoms with Crippen molar-refractivity contribution in [3.8, 4) is 0 Å². The number of carbonyl (C=O) groups excluding carboxylic acids is 1. The zero-order valence-corrected chi connectivity index (χ0v) is 8.46. The van der Waals surface area contributed by atoms with Crippen LogP contribution in [0.4, 0.5) is 0 Å². The van der Waals surface area contributed by atoms with Crippen molar-refractivity contribution in [2.24, 2.45) is 0 Å². The molecular weight excluding hydrogens is 190 g/mol. The number of halogens is 1. The van der Waals surface area contributed by atoms with Crippen molar-refractivity contribution in [1.29, 1.82) is 0 Å². The van der Waals surface area contributed by atoms with Crippen molar-refractivity contribution >= 4 is 17.5 Å². The van der Waals surface area contributed by atoms with Gasteiger partial charge >= 0.3 is 0 Å². The minimum Gasteiger partial charge on any atom is -0.374 e. The van der Waals surface area contributed by atoms with Gasteiger partial charge in [0.05, 0.1) is 18.8 Å². The summed E-state index contributed by atoms with van der Waals surface area (Å²) >= 11 is 5.90. The number of nitrogens with zero attached hydrogens (tertiary/aromatic N) is 1. The molecule has 2 heterocycles. The molecule has 74 valence electrons. The molecule has 2 bridgehead atoms. The van der Waals surface area contributed by atoms with Crippen molar-refractivity contribution in [1.82, 2.24) is 4.90 Å². The van der Waals surface area contributed by atoms with Crippen LogP contribution in [-0.2, 0) is 9.53 Å². The summed E-state index contributed by atoms with van der Waals surface area (Å²) in [5.41, 5.74) is 0. The minimum atomic E-state index is -0.348. The molecule has 4 heteroatoms. The topological polar surface area (TPSA) is 29.5 Å². The fourth-order valence-corrected chi connectivity index (χ4v) is 2.15. The minimum absolute atomic E-state index is 0.0833. The first-order valence-corrected chi connectivity index (χ1v) is 5.22. The summed E-state index contributed by atoms with van der Waals surface area (Å²) in [6, 6.07) is 0.297. The smallest absolute Gasteiger partial charge is 0.241 e. The van der Waals surface area contributed by atoms with E-state index in [0.29, 0.717) is 19.1 Å². The van der Waals surface area contributed by atoms with Gasteiger partial charge in [0.1, 0.15) is 5.38 Å². The molecule has 1 amide bonds. The van der Waals surface area contributed by atoms with Crippen molar-refractivity contribution in [3.05, 3.63) is 0 Å². The molecule has 0 aromatic carbocycles. The lowest BCUT2D eigenvalue weighted by atomic mass is 10.2. The van der Waals surface area contributed by atoms with E-state index in [2.05, 4.69) is 0 Å². The standard InChI is InChI=1S/C9H14ClNO2/c1-2-8(10)9(12)11-4-7-3-6(11)5-13-7/h6-8H,2-5H2,1H3/t6-,7+,8-/m0/s1. The number of rotatable bonds is 2. The first kappa shape index (κ1) is 9.28. The summed E-state index contributed by atoms with van der Waals surface area (Å²) in [6.45, 7) is 3.37. The molecule has 0 N–H and O–H groups in total. The van der Waals surface area contributed by atoms with Crippen LogP contribution in [0, 0.1) is 0 Å². The third kappa shape index (κ3) is 1.55. The molecular formula is C9H14ClNO2. The molecule has 0 spiro atoms. The molecule has 0 aromatic rings. The van der Waals surface area contributed by atoms with Crippen LogP contribution in [0.25, 0.3) is 0 Å². The fourth-order valence-electron chi connectivity index (χ4n) is 2.02. The van der Waals surface area contributed by atoms with Crippen molar-refractivity contribution in [3.63, 3.8) is 0 Å². The van der Waals surface area contributed by atoms with Crippen LogP contribution in [-0.4, -0.2) is 41.5 Å². The number of amides is 1. The molecule has 3 atom stereocenters. The molecule has 2 rings (SSSR count). The maximum Gasteiger partial charge on any atom is 0.241 e. The maximum absolute atomic E-state index is 11.7. The van der Waals surface area contributed by atoms with Gasteiger partial charge in [-0.2, -0.15) is 0 Å². The van der Waals surface area contributed by atoms with E-state index in [1.54, 1.807) is 0 Å². The molecule has 0 saturated carbocycles. The van der Waals surface area contributed by atoms with Gasteiger partial charge in [0, 0.05) is 6.54 Å². The predicted molar refractivity (Wildman–Crippen MR) is 49.8 cm³/mol. The zero-order valence-electron chi connectivity index (χ0n) is 7.70. The summed E-state index contributed by atoms with van der Waals surface area (Å²) < 4.78 is 5.41. The summed E-state index contributed by atoms with van der Waals surface area (Å²) in [5, 5.41) is -0.348. The lowest BCUT2D eigenvalue weighted by molar-refractivity contribution is -0.135. The summed E-state index contributed by atoms with van der Waals surface area (Å²) in [7, 11) is 0. The summed E-state index contributed by atoms with van der Waals surface area (Å²) in [5.74, 6) is 0.0833. The number of morpholine rings is 1. The SMILES string of the molecule is CC[C@H](Cl)C(=O)N1C[C@H]2C[C@H]1CO2. The summed E-state index contributed by atoms with van der Waals surface area (Å²) in [4.78, 5) is 13.6. The number of fused-ring (bicyclic) bond motifs is 2. The van der Waals surface area contributed by atoms with Gasteiger partial charge in [0.2, 0.25) is 5.91 Å². The molecule has 2 fully saturated rings. The number of likely N-dealkylation sites (tertiary alicyclic amines) is 1. The van der Waals surface area contributed by atoms with Crippen LogP contribution in [0.1, 0.15) is 19.8 Å². The Morgan fingerprint density at radius 2 is 2.54 bits per heavy atom. The van der Waals surface area contributed by atoms with Gasteiger partial charge in [-0.15, -0.1) is 11.6 Å². The molecule has 2 saturated heterocycles. The van der Waals surface area contributed by atoms with E-state index in [1.165, 1.54) is 0 Å². The highest BCUT2D eigenvalue weighted by molar-refractivity contribution is 6.30. The maximum atomic E-state index is 11.7. The Hall–Kier alpha value is -0.280. The Kier molecular flexibility index (Phi) is 2.47. The summed E-state index contributed by atoms with van der Waals surface area (Å²) in [6.07, 6.45) is 1.98. The molecule has 2 aliphatic heterocycles. The van der Waals surface area contributed by atoms with Gasteiger partial charge < -0.3 is 9.64 Å². The Bertz CT molecular complexity index is 222. The molecule has 2 aliphatic rings. The van der Waals surface area contributed by atoms with E-state index in [4.69, 9.17) is 16.3 Å². The fraction of sp³-hybridized carbons (Fsp3) is 0.889. The van der Waals surface area contributed by atoms with E-state index in [9.17, 15) is 4.79 Å². The van der Waals surface area contributed by atoms with Crippen molar-refractivity contribution < 1.29 is 9.53 Å². The lowest BCUT2D eigenvalue weighted by Gasteiger charge is -2.28. The van der Waals surface area contributed by atoms with Gasteiger partial charge in [-0.1, -0.05) is 6.92 Å². The third-order valence-electron chi connectivity index (χ3n) is 2.81. The van der Waals surface area contributed by atoms with Crippen LogP contribution >= 0.6 is 11.6 Å². The molecule has 0 aliphatic carbocycles. The molecule has 3 nitrogen and oxygen atoms in total. The molecule has 0 radical (unpaired) electrons. The van der Waals surface area contributed by atoms with Crippen LogP contribution in [0.5, 0.6) is 0 Å². The van der Waals surface area contributed by atoms with Crippen molar-refractivity contribution in [2.75, 3.05) is 13.2 Å².